The van der Waals surface area contributed by atoms with Gasteiger partial charge in [0.2, 0.25) is 0 Å². The number of H-pyrrole nitrogens is 1. The van der Waals surface area contributed by atoms with Gasteiger partial charge in [-0.05, 0) is 43.7 Å². The van der Waals surface area contributed by atoms with Gasteiger partial charge in [0.25, 0.3) is 5.91 Å². The van der Waals surface area contributed by atoms with Crippen molar-refractivity contribution < 1.29 is 9.21 Å². The Bertz CT molecular complexity index is 1460. The van der Waals surface area contributed by atoms with Gasteiger partial charge in [0.1, 0.15) is 11.3 Å². The number of anilines is 1. The van der Waals surface area contributed by atoms with Gasteiger partial charge in [-0.3, -0.25) is 19.5 Å². The summed E-state index contributed by atoms with van der Waals surface area (Å²) in [6, 6.07) is 9.20. The van der Waals surface area contributed by atoms with E-state index in [4.69, 9.17) is 4.42 Å². The largest absolute Gasteiger partial charge is 0.417 e. The van der Waals surface area contributed by atoms with Crippen molar-refractivity contribution in [3.63, 3.8) is 0 Å². The van der Waals surface area contributed by atoms with Crippen molar-refractivity contribution in [1.29, 1.82) is 0 Å². The first kappa shape index (κ1) is 17.4. The second-order valence-electron chi connectivity index (χ2n) is 6.70. The summed E-state index contributed by atoms with van der Waals surface area (Å²) < 4.78 is 6.87. The monoisotopic (exact) mass is 405 g/mol. The van der Waals surface area contributed by atoms with Gasteiger partial charge in [-0.15, -0.1) is 11.3 Å². The number of thiazole rings is 1. The van der Waals surface area contributed by atoms with E-state index in [1.807, 2.05) is 43.6 Å². The van der Waals surface area contributed by atoms with Crippen LogP contribution in [-0.4, -0.2) is 25.3 Å². The smallest absolute Gasteiger partial charge is 0.408 e. The highest BCUT2D eigenvalue weighted by Gasteiger charge is 2.18. The first-order valence-corrected chi connectivity index (χ1v) is 9.71. The van der Waals surface area contributed by atoms with Crippen LogP contribution in [0.1, 0.15) is 21.7 Å². The molecule has 144 valence electrons. The summed E-state index contributed by atoms with van der Waals surface area (Å²) in [7, 11) is 0. The summed E-state index contributed by atoms with van der Waals surface area (Å²) in [5.41, 5.74) is 5.50. The van der Waals surface area contributed by atoms with Gasteiger partial charge in [0.05, 0.1) is 16.9 Å². The number of hydrogen-bond donors (Lipinski definition) is 2. The number of nitrogens with one attached hydrogen (secondary N) is 2. The number of amides is 1. The molecular weight excluding hydrogens is 390 g/mol. The Labute approximate surface area is 167 Å². The van der Waals surface area contributed by atoms with Crippen molar-refractivity contribution in [2.24, 2.45) is 0 Å². The number of benzene rings is 1. The SMILES string of the molecule is Cc1ccn2c(C(=O)Nc3nc(-c4ccc5[nH]c(=O)oc5c4)cs3)c(C)nc2c1. The molecule has 0 saturated carbocycles. The molecule has 5 rings (SSSR count). The molecule has 29 heavy (non-hydrogen) atoms. The predicted molar refractivity (Wildman–Crippen MR) is 111 cm³/mol. The maximum Gasteiger partial charge on any atom is 0.417 e. The molecule has 4 heterocycles. The van der Waals surface area contributed by atoms with E-state index in [1.54, 1.807) is 16.5 Å². The molecule has 4 aromatic heterocycles. The average Bonchev–Trinajstić information content (AvgIpc) is 3.36. The van der Waals surface area contributed by atoms with Crippen LogP contribution in [0.5, 0.6) is 0 Å². The Balaban J connectivity index is 1.44. The number of carbonyl (C=O) groups is 1. The van der Waals surface area contributed by atoms with Crippen molar-refractivity contribution in [1.82, 2.24) is 19.4 Å². The molecule has 5 aromatic rings. The van der Waals surface area contributed by atoms with Crippen LogP contribution in [0.15, 0.2) is 51.1 Å². The molecule has 1 aromatic carbocycles. The van der Waals surface area contributed by atoms with Crippen molar-refractivity contribution in [3.8, 4) is 11.3 Å². The van der Waals surface area contributed by atoms with Crippen LogP contribution < -0.4 is 11.1 Å². The summed E-state index contributed by atoms with van der Waals surface area (Å²) in [4.78, 5) is 35.7. The lowest BCUT2D eigenvalue weighted by Crippen LogP contribution is -2.15. The minimum atomic E-state index is -0.498. The van der Waals surface area contributed by atoms with Gasteiger partial charge >= 0.3 is 5.76 Å². The van der Waals surface area contributed by atoms with Crippen molar-refractivity contribution in [2.45, 2.75) is 13.8 Å². The molecule has 0 aliphatic heterocycles. The number of aromatic amines is 1. The van der Waals surface area contributed by atoms with E-state index in [9.17, 15) is 9.59 Å². The zero-order valence-corrected chi connectivity index (χ0v) is 16.3. The van der Waals surface area contributed by atoms with Crippen LogP contribution >= 0.6 is 11.3 Å². The average molecular weight is 405 g/mol. The molecule has 0 saturated heterocycles. The molecule has 0 atom stereocenters. The van der Waals surface area contributed by atoms with E-state index in [-0.39, 0.29) is 5.91 Å². The van der Waals surface area contributed by atoms with Crippen LogP contribution in [-0.2, 0) is 0 Å². The van der Waals surface area contributed by atoms with Crippen molar-refractivity contribution in [3.05, 3.63) is 69.4 Å². The van der Waals surface area contributed by atoms with Gasteiger partial charge in [-0.25, -0.2) is 14.8 Å². The van der Waals surface area contributed by atoms with E-state index in [0.717, 1.165) is 16.8 Å². The second kappa shape index (κ2) is 6.42. The number of rotatable bonds is 3. The van der Waals surface area contributed by atoms with E-state index in [2.05, 4.69) is 20.3 Å². The highest BCUT2D eigenvalue weighted by molar-refractivity contribution is 7.14. The van der Waals surface area contributed by atoms with E-state index in [1.165, 1.54) is 11.3 Å². The number of imidazole rings is 1. The summed E-state index contributed by atoms with van der Waals surface area (Å²) in [6.07, 6.45) is 1.84. The zero-order valence-electron chi connectivity index (χ0n) is 15.5. The number of pyridine rings is 1. The minimum absolute atomic E-state index is 0.271. The van der Waals surface area contributed by atoms with Crippen LogP contribution in [0.4, 0.5) is 5.13 Å². The fourth-order valence-electron chi connectivity index (χ4n) is 3.26. The Morgan fingerprint density at radius 1 is 1.21 bits per heavy atom. The molecule has 2 N–H and O–H groups in total. The Morgan fingerprint density at radius 3 is 2.93 bits per heavy atom. The minimum Gasteiger partial charge on any atom is -0.408 e. The molecule has 1 amide bonds. The number of aromatic nitrogens is 4. The fourth-order valence-corrected chi connectivity index (χ4v) is 3.98. The number of hydrogen-bond acceptors (Lipinski definition) is 6. The Morgan fingerprint density at radius 2 is 2.07 bits per heavy atom. The fraction of sp³-hybridized carbons (Fsp3) is 0.100. The highest BCUT2D eigenvalue weighted by Crippen LogP contribution is 2.27. The first-order chi connectivity index (χ1) is 14.0. The molecule has 0 bridgehead atoms. The molecule has 0 fully saturated rings. The highest BCUT2D eigenvalue weighted by atomic mass is 32.1. The Hall–Kier alpha value is -3.72. The normalized spacial score (nSPS) is 11.4. The first-order valence-electron chi connectivity index (χ1n) is 8.83. The zero-order chi connectivity index (χ0) is 20.1. The van der Waals surface area contributed by atoms with Crippen LogP contribution in [0, 0.1) is 13.8 Å². The summed E-state index contributed by atoms with van der Waals surface area (Å²) in [5, 5.41) is 5.17. The third-order valence-corrected chi connectivity index (χ3v) is 5.37. The summed E-state index contributed by atoms with van der Waals surface area (Å²) >= 11 is 1.32. The van der Waals surface area contributed by atoms with Crippen molar-refractivity contribution >= 4 is 39.1 Å². The van der Waals surface area contributed by atoms with Gasteiger partial charge < -0.3 is 4.42 Å². The molecule has 0 spiro atoms. The van der Waals surface area contributed by atoms with Gasteiger partial charge in [0.15, 0.2) is 10.7 Å². The lowest BCUT2D eigenvalue weighted by Gasteiger charge is -2.03. The lowest BCUT2D eigenvalue weighted by molar-refractivity contribution is 0.102. The number of aryl methyl sites for hydroxylation is 2. The molecule has 0 aliphatic rings. The van der Waals surface area contributed by atoms with E-state index >= 15 is 0 Å². The van der Waals surface area contributed by atoms with Gasteiger partial charge in [-0.2, -0.15) is 0 Å². The standard InChI is InChI=1S/C20H15N5O3S/c1-10-5-6-25-16(7-10)21-11(2)17(25)18(26)24-19-22-14(9-29-19)12-3-4-13-15(8-12)28-20(27)23-13/h3-9H,1-2H3,(H,23,27)(H,22,24,26). The van der Waals surface area contributed by atoms with Crippen LogP contribution in [0.3, 0.4) is 0 Å². The van der Waals surface area contributed by atoms with Gasteiger partial charge in [-0.1, -0.05) is 6.07 Å². The molecular formula is C20H15N5O3S. The van der Waals surface area contributed by atoms with Crippen LogP contribution in [0.25, 0.3) is 28.0 Å². The number of fused-ring (bicyclic) bond motifs is 2. The third-order valence-electron chi connectivity index (χ3n) is 4.61. The third kappa shape index (κ3) is 3.01. The Kier molecular flexibility index (Phi) is 3.85. The van der Waals surface area contributed by atoms with Gasteiger partial charge in [0, 0.05) is 17.1 Å². The maximum absolute atomic E-state index is 12.9. The summed E-state index contributed by atoms with van der Waals surface area (Å²) in [5.74, 6) is -0.770. The quantitative estimate of drug-likeness (QED) is 0.475. The number of oxazole rings is 1. The van der Waals surface area contributed by atoms with E-state index < -0.39 is 5.76 Å². The maximum atomic E-state index is 12.9. The lowest BCUT2D eigenvalue weighted by atomic mass is 10.1. The summed E-state index contributed by atoms with van der Waals surface area (Å²) in [6.45, 7) is 3.79. The van der Waals surface area contributed by atoms with Crippen LogP contribution in [0.2, 0.25) is 0 Å². The number of carbonyl (C=O) groups excluding carboxylic acids is 1. The topological polar surface area (TPSA) is 105 Å². The molecule has 9 heteroatoms. The van der Waals surface area contributed by atoms with E-state index in [0.29, 0.717) is 33.3 Å². The number of nitrogens with zero attached hydrogens (tertiary/aromatic N) is 3. The second-order valence-corrected chi connectivity index (χ2v) is 7.55. The predicted octanol–water partition coefficient (Wildman–Crippen LogP) is 3.76. The molecule has 0 unspecified atom stereocenters. The molecule has 8 nitrogen and oxygen atoms in total. The molecule has 0 radical (unpaired) electrons. The van der Waals surface area contributed by atoms with Crippen molar-refractivity contribution in [2.75, 3.05) is 5.32 Å². The molecule has 0 aliphatic carbocycles.